The van der Waals surface area contributed by atoms with Crippen LogP contribution in [0.2, 0.25) is 0 Å². The van der Waals surface area contributed by atoms with Crippen LogP contribution in [-0.2, 0) is 16.0 Å². The Kier molecular flexibility index (Phi) is 7.98. The van der Waals surface area contributed by atoms with Crippen LogP contribution in [0.5, 0.6) is 5.75 Å². The van der Waals surface area contributed by atoms with E-state index in [1.54, 1.807) is 43.5 Å². The third-order valence-electron chi connectivity index (χ3n) is 6.34. The Morgan fingerprint density at radius 1 is 1.06 bits per heavy atom. The lowest BCUT2D eigenvalue weighted by atomic mass is 10.0. The molecule has 35 heavy (non-hydrogen) atoms. The van der Waals surface area contributed by atoms with Crippen LogP contribution in [-0.4, -0.2) is 30.7 Å². The molecule has 4 rings (SSSR count). The van der Waals surface area contributed by atoms with Crippen LogP contribution >= 0.6 is 11.3 Å². The second-order valence-electron chi connectivity index (χ2n) is 8.79. The number of amides is 2. The summed E-state index contributed by atoms with van der Waals surface area (Å²) in [6.45, 7) is 1.49. The summed E-state index contributed by atoms with van der Waals surface area (Å²) in [5.41, 5.74) is 1.68. The number of ether oxygens (including phenoxy) is 1. The molecule has 1 N–H and O–H groups in total. The number of carbonyl (C=O) groups is 3. The molecule has 6 nitrogen and oxygen atoms in total. The smallest absolute Gasteiger partial charge is 0.248 e. The summed E-state index contributed by atoms with van der Waals surface area (Å²) in [4.78, 5) is 42.2. The summed E-state index contributed by atoms with van der Waals surface area (Å²) in [6, 6.07) is 17.2. The number of nitrogens with zero attached hydrogens (tertiary/aromatic N) is 1. The summed E-state index contributed by atoms with van der Waals surface area (Å²) in [6.07, 6.45) is 4.19. The zero-order valence-corrected chi connectivity index (χ0v) is 20.8. The lowest BCUT2D eigenvalue weighted by Gasteiger charge is -2.32. The Morgan fingerprint density at radius 2 is 1.80 bits per heavy atom. The monoisotopic (exact) mass is 490 g/mol. The van der Waals surface area contributed by atoms with Gasteiger partial charge in [-0.25, -0.2) is 0 Å². The van der Waals surface area contributed by atoms with Crippen molar-refractivity contribution in [2.24, 2.45) is 0 Å². The van der Waals surface area contributed by atoms with E-state index >= 15 is 0 Å². The van der Waals surface area contributed by atoms with E-state index in [2.05, 4.69) is 5.32 Å². The van der Waals surface area contributed by atoms with E-state index in [9.17, 15) is 14.4 Å². The van der Waals surface area contributed by atoms with Gasteiger partial charge in [0.25, 0.3) is 0 Å². The van der Waals surface area contributed by atoms with Crippen molar-refractivity contribution in [1.82, 2.24) is 5.32 Å². The van der Waals surface area contributed by atoms with Gasteiger partial charge in [0, 0.05) is 22.2 Å². The van der Waals surface area contributed by atoms with Gasteiger partial charge >= 0.3 is 0 Å². The van der Waals surface area contributed by atoms with Crippen molar-refractivity contribution in [1.29, 1.82) is 0 Å². The van der Waals surface area contributed by atoms with Crippen molar-refractivity contribution in [2.45, 2.75) is 51.1 Å². The predicted molar refractivity (Wildman–Crippen MR) is 138 cm³/mol. The maximum atomic E-state index is 13.8. The molecule has 2 amide bonds. The predicted octanol–water partition coefficient (Wildman–Crippen LogP) is 5.34. The van der Waals surface area contributed by atoms with Crippen LogP contribution < -0.4 is 15.0 Å². The summed E-state index contributed by atoms with van der Waals surface area (Å²) >= 11 is 1.50. The Hall–Kier alpha value is -3.45. The molecule has 0 saturated heterocycles. The van der Waals surface area contributed by atoms with E-state index in [1.807, 2.05) is 29.6 Å². The number of thiophene rings is 1. The Labute approximate surface area is 209 Å². The topological polar surface area (TPSA) is 75.7 Å². The highest BCUT2D eigenvalue weighted by Gasteiger charge is 2.34. The molecule has 182 valence electrons. The number of carbonyl (C=O) groups excluding carboxylic acids is 3. The molecule has 0 aliphatic heterocycles. The van der Waals surface area contributed by atoms with E-state index in [0.717, 1.165) is 30.6 Å². The standard InChI is InChI=1S/C28H30N2O4S/c1-19(31)21-7-5-10-23(17-21)30(26(32)18-25-11-6-16-35-25)27(20-12-14-24(34-2)15-13-20)28(33)29-22-8-3-4-9-22/h5-7,10-17,22,27H,3-4,8-9,18H2,1-2H3,(H,29,33)/t27-/m1/s1. The number of hydrogen-bond donors (Lipinski definition) is 1. The fourth-order valence-corrected chi connectivity index (χ4v) is 5.21. The fraction of sp³-hybridized carbons (Fsp3) is 0.321. The lowest BCUT2D eigenvalue weighted by Crippen LogP contribution is -2.46. The molecular weight excluding hydrogens is 460 g/mol. The number of nitrogens with one attached hydrogen (secondary N) is 1. The van der Waals surface area contributed by atoms with Crippen molar-refractivity contribution in [3.8, 4) is 5.75 Å². The number of Topliss-reactive ketones (excluding diaryl/α,β-unsaturated/α-hetero) is 1. The molecule has 1 atom stereocenters. The average Bonchev–Trinajstić information content (AvgIpc) is 3.57. The molecule has 0 bridgehead atoms. The van der Waals surface area contributed by atoms with Gasteiger partial charge < -0.3 is 10.1 Å². The van der Waals surface area contributed by atoms with Crippen LogP contribution in [0.15, 0.2) is 66.0 Å². The molecule has 1 fully saturated rings. The Morgan fingerprint density at radius 3 is 2.43 bits per heavy atom. The van der Waals surface area contributed by atoms with Gasteiger partial charge in [0.05, 0.1) is 13.5 Å². The summed E-state index contributed by atoms with van der Waals surface area (Å²) in [5.74, 6) is 0.123. The van der Waals surface area contributed by atoms with E-state index < -0.39 is 6.04 Å². The first-order valence-corrected chi connectivity index (χ1v) is 12.7. The largest absolute Gasteiger partial charge is 0.497 e. The molecule has 1 aliphatic rings. The minimum Gasteiger partial charge on any atom is -0.497 e. The van der Waals surface area contributed by atoms with Crippen LogP contribution in [0.3, 0.4) is 0 Å². The molecule has 3 aromatic rings. The maximum absolute atomic E-state index is 13.8. The van der Waals surface area contributed by atoms with Crippen molar-refractivity contribution < 1.29 is 19.1 Å². The first-order valence-electron chi connectivity index (χ1n) is 11.9. The second-order valence-corrected chi connectivity index (χ2v) is 9.82. The van der Waals surface area contributed by atoms with E-state index in [4.69, 9.17) is 4.74 Å². The van der Waals surface area contributed by atoms with Crippen LogP contribution in [0.1, 0.15) is 59.4 Å². The highest BCUT2D eigenvalue weighted by atomic mass is 32.1. The molecule has 1 heterocycles. The second kappa shape index (κ2) is 11.3. The number of anilines is 1. The molecule has 1 saturated carbocycles. The quantitative estimate of drug-likeness (QED) is 0.411. The molecule has 7 heteroatoms. The normalized spacial score (nSPS) is 14.3. The zero-order chi connectivity index (χ0) is 24.8. The van der Waals surface area contributed by atoms with Gasteiger partial charge in [0.2, 0.25) is 11.8 Å². The minimum atomic E-state index is -0.892. The lowest BCUT2D eigenvalue weighted by molar-refractivity contribution is -0.127. The van der Waals surface area contributed by atoms with Gasteiger partial charge in [-0.15, -0.1) is 11.3 Å². The Balaban J connectivity index is 1.79. The first kappa shape index (κ1) is 24.7. The van der Waals surface area contributed by atoms with Gasteiger partial charge in [-0.2, -0.15) is 0 Å². The van der Waals surface area contributed by atoms with Crippen molar-refractivity contribution >= 4 is 34.6 Å². The fourth-order valence-electron chi connectivity index (χ4n) is 4.51. The van der Waals surface area contributed by atoms with Crippen LogP contribution in [0.25, 0.3) is 0 Å². The summed E-state index contributed by atoms with van der Waals surface area (Å²) in [5, 5.41) is 5.11. The van der Waals surface area contributed by atoms with E-state index in [1.165, 1.54) is 23.2 Å². The average molecular weight is 491 g/mol. The van der Waals surface area contributed by atoms with E-state index in [-0.39, 0.29) is 30.1 Å². The first-order chi connectivity index (χ1) is 17.0. The van der Waals surface area contributed by atoms with Gasteiger partial charge in [-0.1, -0.05) is 43.2 Å². The molecule has 0 spiro atoms. The zero-order valence-electron chi connectivity index (χ0n) is 20.0. The number of methoxy groups -OCH3 is 1. The minimum absolute atomic E-state index is 0.0982. The molecule has 1 aromatic heterocycles. The number of benzene rings is 2. The van der Waals surface area contributed by atoms with Crippen molar-refractivity contribution in [2.75, 3.05) is 12.0 Å². The molecule has 1 aliphatic carbocycles. The van der Waals surface area contributed by atoms with Gasteiger partial charge in [-0.3, -0.25) is 19.3 Å². The summed E-state index contributed by atoms with van der Waals surface area (Å²) < 4.78 is 5.30. The van der Waals surface area contributed by atoms with Crippen molar-refractivity contribution in [3.63, 3.8) is 0 Å². The van der Waals surface area contributed by atoms with Crippen LogP contribution in [0.4, 0.5) is 5.69 Å². The highest BCUT2D eigenvalue weighted by Crippen LogP contribution is 2.32. The van der Waals surface area contributed by atoms with Crippen molar-refractivity contribution in [3.05, 3.63) is 82.0 Å². The van der Waals surface area contributed by atoms with E-state index in [0.29, 0.717) is 22.6 Å². The van der Waals surface area contributed by atoms with Gasteiger partial charge in [-0.05, 0) is 61.0 Å². The third kappa shape index (κ3) is 5.98. The number of ketones is 1. The molecule has 0 radical (unpaired) electrons. The maximum Gasteiger partial charge on any atom is 0.248 e. The highest BCUT2D eigenvalue weighted by molar-refractivity contribution is 7.10. The molecule has 0 unspecified atom stereocenters. The number of hydrogen-bond acceptors (Lipinski definition) is 5. The molecule has 2 aromatic carbocycles. The number of rotatable bonds is 9. The summed E-state index contributed by atoms with van der Waals surface area (Å²) in [7, 11) is 1.59. The third-order valence-corrected chi connectivity index (χ3v) is 7.22. The van der Waals surface area contributed by atoms with Gasteiger partial charge in [0.1, 0.15) is 11.8 Å². The Bertz CT molecular complexity index is 1170. The van der Waals surface area contributed by atoms with Crippen LogP contribution in [0, 0.1) is 0 Å². The SMILES string of the molecule is COc1ccc([C@H](C(=O)NC2CCCC2)N(C(=O)Cc2cccs2)c2cccc(C(C)=O)c2)cc1. The molecular formula is C28H30N2O4S. The van der Waals surface area contributed by atoms with Gasteiger partial charge in [0.15, 0.2) is 5.78 Å².